The first-order valence-electron chi connectivity index (χ1n) is 9.86. The largest absolute Gasteiger partial charge is 0.457 e. The first-order chi connectivity index (χ1) is 15.2. The quantitative estimate of drug-likeness (QED) is 0.453. The highest BCUT2D eigenvalue weighted by molar-refractivity contribution is 6.04. The van der Waals surface area contributed by atoms with Gasteiger partial charge >= 0.3 is 5.97 Å². The monoisotopic (exact) mass is 411 g/mol. The first kappa shape index (κ1) is 20.1. The van der Waals surface area contributed by atoms with E-state index in [0.717, 1.165) is 16.8 Å². The van der Waals surface area contributed by atoms with Gasteiger partial charge in [-0.2, -0.15) is 5.10 Å². The lowest BCUT2D eigenvalue weighted by atomic mass is 10.1. The molecule has 0 atom stereocenters. The van der Waals surface area contributed by atoms with Crippen molar-refractivity contribution in [2.75, 3.05) is 5.32 Å². The standard InChI is InChI=1S/C25H21N3O3/c29-24(27-23-5-2-1-3-6-23)21-11-9-20(10-12-21)18-31-25(30)22-13-7-19(8-14-22)17-28-16-4-15-26-28/h1-16H,17-18H2,(H,27,29). The molecule has 1 aromatic heterocycles. The number of aromatic nitrogens is 2. The molecular weight excluding hydrogens is 390 g/mol. The minimum Gasteiger partial charge on any atom is -0.457 e. The van der Waals surface area contributed by atoms with Crippen LogP contribution in [0.4, 0.5) is 5.69 Å². The van der Waals surface area contributed by atoms with E-state index < -0.39 is 5.97 Å². The lowest BCUT2D eigenvalue weighted by Crippen LogP contribution is -2.12. The van der Waals surface area contributed by atoms with Gasteiger partial charge in [0.2, 0.25) is 0 Å². The first-order valence-corrected chi connectivity index (χ1v) is 9.86. The van der Waals surface area contributed by atoms with Crippen LogP contribution in [0.25, 0.3) is 0 Å². The second kappa shape index (κ2) is 9.54. The van der Waals surface area contributed by atoms with E-state index in [-0.39, 0.29) is 12.5 Å². The average Bonchev–Trinajstić information content (AvgIpc) is 3.32. The van der Waals surface area contributed by atoms with Gasteiger partial charge in [0.15, 0.2) is 0 Å². The van der Waals surface area contributed by atoms with Crippen LogP contribution in [0.2, 0.25) is 0 Å². The molecule has 0 aliphatic carbocycles. The lowest BCUT2D eigenvalue weighted by Gasteiger charge is -2.08. The van der Waals surface area contributed by atoms with Gasteiger partial charge in [0.25, 0.3) is 5.91 Å². The van der Waals surface area contributed by atoms with E-state index >= 15 is 0 Å². The maximum atomic E-state index is 12.3. The molecule has 31 heavy (non-hydrogen) atoms. The summed E-state index contributed by atoms with van der Waals surface area (Å²) < 4.78 is 7.22. The van der Waals surface area contributed by atoms with Gasteiger partial charge < -0.3 is 10.1 Å². The Hall–Kier alpha value is -4.19. The molecule has 0 bridgehead atoms. The van der Waals surface area contributed by atoms with E-state index in [1.54, 1.807) is 42.6 Å². The number of amides is 1. The molecule has 0 saturated heterocycles. The lowest BCUT2D eigenvalue weighted by molar-refractivity contribution is 0.0472. The molecule has 154 valence electrons. The SMILES string of the molecule is O=C(Nc1ccccc1)c1ccc(COC(=O)c2ccc(Cn3cccn3)cc2)cc1. The Kier molecular flexibility index (Phi) is 6.18. The summed E-state index contributed by atoms with van der Waals surface area (Å²) in [5.74, 6) is -0.582. The van der Waals surface area contributed by atoms with Crippen molar-refractivity contribution in [2.45, 2.75) is 13.2 Å². The average molecular weight is 411 g/mol. The number of benzene rings is 3. The third kappa shape index (κ3) is 5.45. The third-order valence-electron chi connectivity index (χ3n) is 4.71. The van der Waals surface area contributed by atoms with E-state index in [2.05, 4.69) is 10.4 Å². The molecule has 3 aromatic carbocycles. The van der Waals surface area contributed by atoms with E-state index in [0.29, 0.717) is 17.7 Å². The fourth-order valence-corrected chi connectivity index (χ4v) is 3.04. The summed E-state index contributed by atoms with van der Waals surface area (Å²) in [5.41, 5.74) is 3.61. The normalized spacial score (nSPS) is 10.5. The molecule has 0 saturated carbocycles. The van der Waals surface area contributed by atoms with Gasteiger partial charge in [-0.1, -0.05) is 42.5 Å². The molecular formula is C25H21N3O3. The molecule has 0 aliphatic rings. The molecule has 1 heterocycles. The fraction of sp³-hybridized carbons (Fsp3) is 0.0800. The minimum absolute atomic E-state index is 0.133. The Morgan fingerprint density at radius 1 is 0.806 bits per heavy atom. The predicted octanol–water partition coefficient (Wildman–Crippen LogP) is 4.54. The zero-order chi connectivity index (χ0) is 21.5. The number of nitrogens with one attached hydrogen (secondary N) is 1. The molecule has 6 heteroatoms. The van der Waals surface area contributed by atoms with Gasteiger partial charge in [0.1, 0.15) is 6.61 Å². The number of rotatable bonds is 7. The molecule has 6 nitrogen and oxygen atoms in total. The second-order valence-corrected chi connectivity index (χ2v) is 6.99. The molecule has 0 fully saturated rings. The van der Waals surface area contributed by atoms with Crippen LogP contribution in [0.3, 0.4) is 0 Å². The highest BCUT2D eigenvalue weighted by Crippen LogP contribution is 2.12. The van der Waals surface area contributed by atoms with Crippen molar-refractivity contribution in [2.24, 2.45) is 0 Å². The van der Waals surface area contributed by atoms with Gasteiger partial charge in [-0.15, -0.1) is 0 Å². The van der Waals surface area contributed by atoms with Gasteiger partial charge in [-0.05, 0) is 53.6 Å². The summed E-state index contributed by atoms with van der Waals surface area (Å²) in [6, 6.07) is 25.4. The van der Waals surface area contributed by atoms with Crippen LogP contribution >= 0.6 is 0 Å². The van der Waals surface area contributed by atoms with Crippen molar-refractivity contribution >= 4 is 17.6 Å². The van der Waals surface area contributed by atoms with Crippen LogP contribution in [0.1, 0.15) is 31.8 Å². The molecule has 0 aliphatic heterocycles. The topological polar surface area (TPSA) is 73.2 Å². The van der Waals surface area contributed by atoms with Crippen LogP contribution in [-0.4, -0.2) is 21.7 Å². The Morgan fingerprint density at radius 3 is 2.16 bits per heavy atom. The number of hydrogen-bond acceptors (Lipinski definition) is 4. The number of carbonyl (C=O) groups excluding carboxylic acids is 2. The molecule has 0 spiro atoms. The van der Waals surface area contributed by atoms with Crippen molar-refractivity contribution in [3.05, 3.63) is 120 Å². The smallest absolute Gasteiger partial charge is 0.338 e. The van der Waals surface area contributed by atoms with Crippen molar-refractivity contribution in [1.82, 2.24) is 9.78 Å². The molecule has 4 aromatic rings. The van der Waals surface area contributed by atoms with Gasteiger partial charge in [-0.25, -0.2) is 4.79 Å². The van der Waals surface area contributed by atoms with Gasteiger partial charge in [-0.3, -0.25) is 9.48 Å². The minimum atomic E-state index is -0.392. The summed E-state index contributed by atoms with van der Waals surface area (Å²) in [6.45, 7) is 0.779. The van der Waals surface area contributed by atoms with Crippen molar-refractivity contribution in [3.63, 3.8) is 0 Å². The zero-order valence-corrected chi connectivity index (χ0v) is 16.8. The predicted molar refractivity (Wildman–Crippen MR) is 118 cm³/mol. The summed E-state index contributed by atoms with van der Waals surface area (Å²) in [6.07, 6.45) is 3.62. The number of hydrogen-bond donors (Lipinski definition) is 1. The molecule has 0 radical (unpaired) electrons. The summed E-state index contributed by atoms with van der Waals surface area (Å²) >= 11 is 0. The Bertz CT molecular complexity index is 1140. The van der Waals surface area contributed by atoms with E-state index in [4.69, 9.17) is 4.74 Å². The molecule has 1 amide bonds. The van der Waals surface area contributed by atoms with E-state index in [1.807, 2.05) is 59.4 Å². The summed E-state index contributed by atoms with van der Waals surface area (Å²) in [7, 11) is 0. The number of esters is 1. The third-order valence-corrected chi connectivity index (χ3v) is 4.71. The van der Waals surface area contributed by atoms with Crippen molar-refractivity contribution < 1.29 is 14.3 Å². The summed E-state index contributed by atoms with van der Waals surface area (Å²) in [4.78, 5) is 24.6. The van der Waals surface area contributed by atoms with Crippen LogP contribution in [0.15, 0.2) is 97.3 Å². The van der Waals surface area contributed by atoms with Crippen LogP contribution in [0.5, 0.6) is 0 Å². The molecule has 4 rings (SSSR count). The Morgan fingerprint density at radius 2 is 1.48 bits per heavy atom. The second-order valence-electron chi connectivity index (χ2n) is 6.99. The number of ether oxygens (including phenoxy) is 1. The number of para-hydroxylation sites is 1. The number of nitrogens with zero attached hydrogens (tertiary/aromatic N) is 2. The van der Waals surface area contributed by atoms with Gasteiger partial charge in [0.05, 0.1) is 12.1 Å². The molecule has 1 N–H and O–H groups in total. The number of carbonyl (C=O) groups is 2. The van der Waals surface area contributed by atoms with Crippen LogP contribution < -0.4 is 5.32 Å². The maximum absolute atomic E-state index is 12.3. The molecule has 0 unspecified atom stereocenters. The Labute approximate surface area is 180 Å². The van der Waals surface area contributed by atoms with E-state index in [9.17, 15) is 9.59 Å². The zero-order valence-electron chi connectivity index (χ0n) is 16.8. The van der Waals surface area contributed by atoms with Gasteiger partial charge in [0, 0.05) is 23.6 Å². The summed E-state index contributed by atoms with van der Waals surface area (Å²) in [5, 5.41) is 7.01. The Balaban J connectivity index is 1.29. The van der Waals surface area contributed by atoms with Crippen LogP contribution in [-0.2, 0) is 17.9 Å². The highest BCUT2D eigenvalue weighted by atomic mass is 16.5. The van der Waals surface area contributed by atoms with Crippen molar-refractivity contribution in [1.29, 1.82) is 0 Å². The van der Waals surface area contributed by atoms with Crippen LogP contribution in [0, 0.1) is 0 Å². The number of anilines is 1. The fourth-order valence-electron chi connectivity index (χ4n) is 3.04. The van der Waals surface area contributed by atoms with E-state index in [1.165, 1.54) is 0 Å². The maximum Gasteiger partial charge on any atom is 0.338 e. The highest BCUT2D eigenvalue weighted by Gasteiger charge is 2.09. The van der Waals surface area contributed by atoms with Crippen molar-refractivity contribution in [3.8, 4) is 0 Å².